The topological polar surface area (TPSA) is 113 Å². The van der Waals surface area contributed by atoms with E-state index in [2.05, 4.69) is 69.1 Å². The van der Waals surface area contributed by atoms with Crippen LogP contribution in [0, 0.1) is 16.3 Å². The predicted molar refractivity (Wildman–Crippen MR) is 231 cm³/mol. The molecule has 16 heteroatoms. The van der Waals surface area contributed by atoms with Crippen LogP contribution in [-0.4, -0.2) is 61.2 Å². The SMILES string of the molecule is COc1ccc(COC(=O)c2nc(N(C)c3cc(C)c(N=c4sc5ccccc5n4COCC[Si](C)(C)C)nn3)sc2CCCOc2ccc(I)cc2F)cc1. The van der Waals surface area contributed by atoms with E-state index in [0.717, 1.165) is 40.6 Å². The fourth-order valence-electron chi connectivity index (χ4n) is 5.45. The van der Waals surface area contributed by atoms with Crippen LogP contribution in [0.1, 0.15) is 32.9 Å². The Balaban J connectivity index is 1.21. The third-order valence-electron chi connectivity index (χ3n) is 8.69. The molecule has 0 amide bonds. The van der Waals surface area contributed by atoms with Crippen LogP contribution < -0.4 is 19.2 Å². The summed E-state index contributed by atoms with van der Waals surface area (Å²) in [5.41, 5.74) is 2.90. The molecule has 0 saturated heterocycles. The van der Waals surface area contributed by atoms with Crippen LogP contribution >= 0.6 is 45.3 Å². The molecule has 0 fully saturated rings. The molecular weight excluding hydrogens is 883 g/mol. The number of hydrogen-bond donors (Lipinski definition) is 0. The van der Waals surface area contributed by atoms with E-state index in [1.165, 1.54) is 17.4 Å². The van der Waals surface area contributed by atoms with Crippen molar-refractivity contribution in [1.29, 1.82) is 0 Å². The molecule has 0 N–H and O–H groups in total. The number of methoxy groups -OCH3 is 1. The molecule has 0 unspecified atom stereocenters. The number of hydrogen-bond acceptors (Lipinski definition) is 12. The lowest BCUT2D eigenvalue weighted by molar-refractivity contribution is 0.0465. The van der Waals surface area contributed by atoms with Crippen molar-refractivity contribution < 1.29 is 28.1 Å². The highest BCUT2D eigenvalue weighted by molar-refractivity contribution is 14.1. The second kappa shape index (κ2) is 18.8. The summed E-state index contributed by atoms with van der Waals surface area (Å²) < 4.78 is 41.2. The summed E-state index contributed by atoms with van der Waals surface area (Å²) in [6.07, 6.45) is 0.982. The largest absolute Gasteiger partial charge is 0.497 e. The van der Waals surface area contributed by atoms with Gasteiger partial charge in [-0.3, -0.25) is 4.57 Å². The van der Waals surface area contributed by atoms with Gasteiger partial charge in [0.2, 0.25) is 0 Å². The zero-order valence-electron chi connectivity index (χ0n) is 32.2. The molecule has 0 spiro atoms. The molecule has 0 aliphatic rings. The molecule has 0 saturated carbocycles. The summed E-state index contributed by atoms with van der Waals surface area (Å²) >= 11 is 4.99. The minimum atomic E-state index is -1.23. The van der Waals surface area contributed by atoms with E-state index in [1.807, 2.05) is 56.4 Å². The van der Waals surface area contributed by atoms with Crippen molar-refractivity contribution in [3.63, 3.8) is 0 Å². The average molecular weight is 927 g/mol. The number of esters is 1. The van der Waals surface area contributed by atoms with Gasteiger partial charge in [0, 0.05) is 30.2 Å². The number of halogens is 2. The van der Waals surface area contributed by atoms with Crippen molar-refractivity contribution in [2.24, 2.45) is 4.99 Å². The van der Waals surface area contributed by atoms with Crippen molar-refractivity contribution >= 4 is 86.3 Å². The third kappa shape index (κ3) is 10.8. The van der Waals surface area contributed by atoms with Gasteiger partial charge in [0.15, 0.2) is 38.8 Å². The van der Waals surface area contributed by atoms with Gasteiger partial charge in [-0.25, -0.2) is 14.2 Å². The minimum absolute atomic E-state index is 0.0696. The number of ether oxygens (including phenoxy) is 4. The molecule has 56 heavy (non-hydrogen) atoms. The van der Waals surface area contributed by atoms with Gasteiger partial charge < -0.3 is 23.8 Å². The summed E-state index contributed by atoms with van der Waals surface area (Å²) in [7, 11) is 2.20. The van der Waals surface area contributed by atoms with Crippen LogP contribution in [0.3, 0.4) is 0 Å². The number of anilines is 2. The highest BCUT2D eigenvalue weighted by Gasteiger charge is 2.23. The first-order valence-corrected chi connectivity index (χ1v) is 24.5. The maximum absolute atomic E-state index is 14.4. The fraction of sp³-hybridized carbons (Fsp3) is 0.325. The first-order chi connectivity index (χ1) is 26.9. The number of benzene rings is 3. The second-order valence-electron chi connectivity index (χ2n) is 14.2. The monoisotopic (exact) mass is 926 g/mol. The van der Waals surface area contributed by atoms with Crippen molar-refractivity contribution in [1.82, 2.24) is 19.7 Å². The van der Waals surface area contributed by atoms with E-state index in [9.17, 15) is 9.18 Å². The van der Waals surface area contributed by atoms with Gasteiger partial charge in [-0.2, -0.15) is 4.99 Å². The Bertz CT molecular complexity index is 2360. The van der Waals surface area contributed by atoms with Gasteiger partial charge in [0.1, 0.15) is 19.1 Å². The molecule has 3 aromatic carbocycles. The van der Waals surface area contributed by atoms with Crippen LogP contribution in [0.4, 0.5) is 21.2 Å². The first-order valence-electron chi connectivity index (χ1n) is 18.0. The number of fused-ring (bicyclic) bond motifs is 1. The molecule has 3 heterocycles. The van der Waals surface area contributed by atoms with Crippen LogP contribution in [0.2, 0.25) is 25.7 Å². The summed E-state index contributed by atoms with van der Waals surface area (Å²) in [6.45, 7) is 10.4. The quantitative estimate of drug-likeness (QED) is 0.0382. The van der Waals surface area contributed by atoms with Crippen molar-refractivity contribution in [3.8, 4) is 11.5 Å². The standard InChI is InChI=1S/C40H44FIN6O5S2Si/c1-26-22-35(45-46-37(26)44-40-48(25-51-20-21-56(4,5)6)31-10-7-8-11-33(31)54-40)47(2)39-43-36(38(49)53-24-27-13-16-29(50-3)17-14-27)34(55-39)12-9-19-52-32-18-15-28(42)23-30(32)41/h7-8,10-11,13-18,22-23H,9,12,19-21,24-25H2,1-6H3. The Morgan fingerprint density at radius 3 is 2.54 bits per heavy atom. The van der Waals surface area contributed by atoms with Crippen LogP contribution in [-0.2, 0) is 29.2 Å². The van der Waals surface area contributed by atoms with Crippen molar-refractivity contribution in [2.75, 3.05) is 32.3 Å². The van der Waals surface area contributed by atoms with Gasteiger partial charge in [-0.15, -0.1) is 21.5 Å². The summed E-state index contributed by atoms with van der Waals surface area (Å²) in [4.78, 5) is 26.5. The predicted octanol–water partition coefficient (Wildman–Crippen LogP) is 9.69. The number of carbonyl (C=O) groups is 1. The molecule has 0 aliphatic heterocycles. The maximum atomic E-state index is 14.4. The molecular formula is C40H44FIN6O5S2Si. The summed E-state index contributed by atoms with van der Waals surface area (Å²) in [5.74, 6) is 0.971. The van der Waals surface area contributed by atoms with Crippen LogP contribution in [0.25, 0.3) is 10.2 Å². The molecule has 0 bridgehead atoms. The number of aromatic nitrogens is 4. The van der Waals surface area contributed by atoms with E-state index < -0.39 is 19.9 Å². The normalized spacial score (nSPS) is 12.0. The molecule has 0 aliphatic carbocycles. The van der Waals surface area contributed by atoms with Crippen molar-refractivity contribution in [2.45, 2.75) is 58.8 Å². The highest BCUT2D eigenvalue weighted by Crippen LogP contribution is 2.33. The summed E-state index contributed by atoms with van der Waals surface area (Å²) in [5, 5.41) is 9.60. The van der Waals surface area contributed by atoms with E-state index in [1.54, 1.807) is 35.5 Å². The number of nitrogens with zero attached hydrogens (tertiary/aromatic N) is 6. The average Bonchev–Trinajstić information content (AvgIpc) is 3.76. The smallest absolute Gasteiger partial charge is 0.358 e. The Kier molecular flexibility index (Phi) is 13.9. The molecule has 6 rings (SSSR count). The molecule has 6 aromatic rings. The number of aryl methyl sites for hydroxylation is 2. The van der Waals surface area contributed by atoms with E-state index >= 15 is 0 Å². The molecule has 11 nitrogen and oxygen atoms in total. The van der Waals surface area contributed by atoms with Gasteiger partial charge in [0.25, 0.3) is 0 Å². The minimum Gasteiger partial charge on any atom is -0.497 e. The lowest BCUT2D eigenvalue weighted by Crippen LogP contribution is -2.23. The Morgan fingerprint density at radius 1 is 1.02 bits per heavy atom. The van der Waals surface area contributed by atoms with Crippen LogP contribution in [0.5, 0.6) is 11.5 Å². The van der Waals surface area contributed by atoms with Crippen molar-refractivity contribution in [3.05, 3.63) is 109 Å². The first kappa shape index (κ1) is 41.4. The van der Waals surface area contributed by atoms with E-state index in [-0.39, 0.29) is 24.7 Å². The van der Waals surface area contributed by atoms with E-state index in [0.29, 0.717) is 48.7 Å². The molecule has 294 valence electrons. The Hall–Kier alpha value is -4.23. The van der Waals surface area contributed by atoms with Gasteiger partial charge in [-0.1, -0.05) is 55.2 Å². The van der Waals surface area contributed by atoms with Gasteiger partial charge >= 0.3 is 5.97 Å². The molecule has 0 radical (unpaired) electrons. The highest BCUT2D eigenvalue weighted by atomic mass is 127. The Morgan fingerprint density at radius 2 is 1.80 bits per heavy atom. The van der Waals surface area contributed by atoms with Crippen LogP contribution in [0.15, 0.2) is 77.8 Å². The summed E-state index contributed by atoms with van der Waals surface area (Å²) in [6, 6.07) is 23.3. The number of rotatable bonds is 17. The number of carbonyl (C=O) groups excluding carboxylic acids is 1. The van der Waals surface area contributed by atoms with Gasteiger partial charge in [0.05, 0.1) is 23.9 Å². The Labute approximate surface area is 348 Å². The fourth-order valence-corrected chi connectivity index (χ4v) is 8.74. The van der Waals surface area contributed by atoms with Gasteiger partial charge in [-0.05, 0) is 108 Å². The zero-order chi connectivity index (χ0) is 39.8. The zero-order valence-corrected chi connectivity index (χ0v) is 37.0. The molecule has 3 aromatic heterocycles. The second-order valence-corrected chi connectivity index (χ2v) is 23.2. The lowest BCUT2D eigenvalue weighted by atomic mass is 10.2. The lowest BCUT2D eigenvalue weighted by Gasteiger charge is -2.16. The number of thiazole rings is 2. The van der Waals surface area contributed by atoms with E-state index in [4.69, 9.17) is 28.9 Å². The molecule has 0 atom stereocenters. The third-order valence-corrected chi connectivity index (χ3v) is 13.3. The number of para-hydroxylation sites is 1. The maximum Gasteiger partial charge on any atom is 0.358 e.